The lowest BCUT2D eigenvalue weighted by molar-refractivity contribution is -0.117. The Morgan fingerprint density at radius 2 is 2.00 bits per heavy atom. The molecule has 1 atom stereocenters. The molecule has 1 aliphatic heterocycles. The van der Waals surface area contributed by atoms with Crippen molar-refractivity contribution in [3.05, 3.63) is 22.8 Å². The van der Waals surface area contributed by atoms with E-state index in [0.29, 0.717) is 6.54 Å². The summed E-state index contributed by atoms with van der Waals surface area (Å²) in [5, 5.41) is 12.3. The van der Waals surface area contributed by atoms with Crippen LogP contribution in [0.2, 0.25) is 0 Å². The summed E-state index contributed by atoms with van der Waals surface area (Å²) >= 11 is 6.76. The minimum absolute atomic E-state index is 0.0117. The Hall–Kier alpha value is 0.800. The Labute approximate surface area is 159 Å². The first-order valence-electron chi connectivity index (χ1n) is 6.30. The van der Waals surface area contributed by atoms with Crippen LogP contribution in [0.5, 0.6) is 0 Å². The molecule has 0 radical (unpaired) electrons. The Balaban J connectivity index is 2.01. The van der Waals surface area contributed by atoms with E-state index >= 15 is 0 Å². The summed E-state index contributed by atoms with van der Waals surface area (Å²) in [4.78, 5) is 14.2. The van der Waals surface area contributed by atoms with Gasteiger partial charge in [-0.1, -0.05) is 0 Å². The molecule has 1 unspecified atom stereocenters. The number of likely N-dealkylation sites (tertiary alicyclic amines) is 1. The molecule has 1 fully saturated rings. The molecule has 110 valence electrons. The highest BCUT2D eigenvalue weighted by Crippen LogP contribution is 2.27. The molecule has 1 heterocycles. The fraction of sp³-hybridized carbons (Fsp3) is 0.462. The van der Waals surface area contributed by atoms with Crippen molar-refractivity contribution in [3.63, 3.8) is 0 Å². The molecule has 1 aromatic carbocycles. The lowest BCUT2D eigenvalue weighted by atomic mass is 10.2. The maximum Gasteiger partial charge on any atom is 0.238 e. The van der Waals surface area contributed by atoms with Gasteiger partial charge in [0, 0.05) is 16.8 Å². The Morgan fingerprint density at radius 1 is 1.35 bits per heavy atom. The van der Waals surface area contributed by atoms with Crippen molar-refractivity contribution >= 4 is 79.4 Å². The molecule has 0 aromatic heterocycles. The molecule has 20 heavy (non-hydrogen) atoms. The lowest BCUT2D eigenvalue weighted by Crippen LogP contribution is -2.38. The maximum atomic E-state index is 12.2. The van der Waals surface area contributed by atoms with Gasteiger partial charge in [0.1, 0.15) is 0 Å². The lowest BCUT2D eigenvalue weighted by Gasteiger charge is -2.22. The van der Waals surface area contributed by atoms with E-state index in [2.05, 4.69) is 78.0 Å². The first kappa shape index (κ1) is 17.2. The summed E-state index contributed by atoms with van der Waals surface area (Å²) in [7, 11) is 0. The van der Waals surface area contributed by atoms with Crippen LogP contribution in [0.1, 0.15) is 12.8 Å². The van der Waals surface area contributed by atoms with Crippen LogP contribution in [0.3, 0.4) is 0 Å². The summed E-state index contributed by atoms with van der Waals surface area (Å²) in [5.74, 6) is -0.0117. The van der Waals surface area contributed by atoms with Gasteiger partial charge in [-0.3, -0.25) is 9.69 Å². The molecular formula is C13H15I3N2O2. The molecule has 2 N–H and O–H groups in total. The van der Waals surface area contributed by atoms with Crippen molar-refractivity contribution in [2.24, 2.45) is 0 Å². The quantitative estimate of drug-likeness (QED) is 0.515. The topological polar surface area (TPSA) is 52.6 Å². The molecule has 2 rings (SSSR count). The van der Waals surface area contributed by atoms with Crippen LogP contribution < -0.4 is 5.32 Å². The fourth-order valence-corrected chi connectivity index (χ4v) is 6.19. The number of benzene rings is 1. The van der Waals surface area contributed by atoms with Gasteiger partial charge in [0.05, 0.1) is 18.8 Å². The summed E-state index contributed by atoms with van der Waals surface area (Å²) in [6.07, 6.45) is 2.03. The SMILES string of the molecule is O=C(CN1CCCC1CO)Nc1c(I)cc(I)cc1I. The van der Waals surface area contributed by atoms with Gasteiger partial charge in [-0.05, 0) is 99.3 Å². The number of carbonyl (C=O) groups is 1. The smallest absolute Gasteiger partial charge is 0.238 e. The predicted molar refractivity (Wildman–Crippen MR) is 105 cm³/mol. The normalized spacial score (nSPS) is 19.3. The number of aliphatic hydroxyl groups excluding tert-OH is 1. The monoisotopic (exact) mass is 612 g/mol. The van der Waals surface area contributed by atoms with Crippen molar-refractivity contribution in [3.8, 4) is 0 Å². The highest BCUT2D eigenvalue weighted by atomic mass is 127. The molecule has 0 spiro atoms. The highest BCUT2D eigenvalue weighted by molar-refractivity contribution is 14.1. The largest absolute Gasteiger partial charge is 0.395 e. The number of carbonyl (C=O) groups excluding carboxylic acids is 1. The van der Waals surface area contributed by atoms with Crippen LogP contribution in [0, 0.1) is 10.7 Å². The van der Waals surface area contributed by atoms with Crippen LogP contribution in [0.25, 0.3) is 0 Å². The number of hydrogen-bond acceptors (Lipinski definition) is 3. The van der Waals surface area contributed by atoms with Gasteiger partial charge in [-0.25, -0.2) is 0 Å². The first-order valence-corrected chi connectivity index (χ1v) is 9.54. The van der Waals surface area contributed by atoms with Crippen molar-refractivity contribution in [2.75, 3.05) is 25.0 Å². The van der Waals surface area contributed by atoms with Gasteiger partial charge in [-0.2, -0.15) is 0 Å². The standard InChI is InChI=1S/C13H15I3N2O2/c14-8-4-10(15)13(11(16)5-8)17-12(20)6-18-3-1-2-9(18)7-19/h4-5,9,19H,1-3,6-7H2,(H,17,20). The number of anilines is 1. The molecule has 0 bridgehead atoms. The maximum absolute atomic E-state index is 12.2. The van der Waals surface area contributed by atoms with E-state index in [1.807, 2.05) is 12.1 Å². The van der Waals surface area contributed by atoms with Gasteiger partial charge >= 0.3 is 0 Å². The van der Waals surface area contributed by atoms with Crippen LogP contribution in [-0.4, -0.2) is 41.7 Å². The van der Waals surface area contributed by atoms with E-state index in [4.69, 9.17) is 0 Å². The highest BCUT2D eigenvalue weighted by Gasteiger charge is 2.25. The number of halogens is 3. The molecule has 4 nitrogen and oxygen atoms in total. The van der Waals surface area contributed by atoms with Crippen molar-refractivity contribution in [1.82, 2.24) is 4.90 Å². The number of hydrogen-bond donors (Lipinski definition) is 2. The number of aliphatic hydroxyl groups is 1. The van der Waals surface area contributed by atoms with Gasteiger partial charge in [0.25, 0.3) is 0 Å². The van der Waals surface area contributed by atoms with Gasteiger partial charge in [0.15, 0.2) is 0 Å². The second-order valence-electron chi connectivity index (χ2n) is 4.74. The zero-order valence-corrected chi connectivity index (χ0v) is 17.2. The van der Waals surface area contributed by atoms with Crippen molar-refractivity contribution in [2.45, 2.75) is 18.9 Å². The third-order valence-corrected chi connectivity index (χ3v) is 5.65. The zero-order chi connectivity index (χ0) is 14.7. The van der Waals surface area contributed by atoms with Crippen LogP contribution >= 0.6 is 67.8 Å². The summed E-state index contributed by atoms with van der Waals surface area (Å²) in [6.45, 7) is 1.37. The van der Waals surface area contributed by atoms with E-state index in [0.717, 1.165) is 35.8 Å². The Kier molecular flexibility index (Phi) is 6.76. The van der Waals surface area contributed by atoms with Crippen LogP contribution in [0.4, 0.5) is 5.69 Å². The average Bonchev–Trinajstić information content (AvgIpc) is 2.81. The Bertz CT molecular complexity index is 487. The first-order chi connectivity index (χ1) is 9.51. The Morgan fingerprint density at radius 3 is 2.60 bits per heavy atom. The van der Waals surface area contributed by atoms with Gasteiger partial charge in [-0.15, -0.1) is 0 Å². The molecule has 1 saturated heterocycles. The van der Waals surface area contributed by atoms with Gasteiger partial charge in [0.2, 0.25) is 5.91 Å². The second-order valence-corrected chi connectivity index (χ2v) is 8.31. The third kappa shape index (κ3) is 4.40. The van der Waals surface area contributed by atoms with Gasteiger partial charge < -0.3 is 10.4 Å². The summed E-state index contributed by atoms with van der Waals surface area (Å²) < 4.78 is 3.26. The molecule has 1 amide bonds. The predicted octanol–water partition coefficient (Wildman–Crippen LogP) is 2.90. The van der Waals surface area contributed by atoms with Crippen LogP contribution in [0.15, 0.2) is 12.1 Å². The molecule has 0 saturated carbocycles. The number of nitrogens with one attached hydrogen (secondary N) is 1. The minimum Gasteiger partial charge on any atom is -0.395 e. The van der Waals surface area contributed by atoms with E-state index < -0.39 is 0 Å². The van der Waals surface area contributed by atoms with Crippen molar-refractivity contribution in [1.29, 1.82) is 0 Å². The molecule has 7 heteroatoms. The molecule has 1 aromatic rings. The third-order valence-electron chi connectivity index (χ3n) is 3.33. The number of rotatable bonds is 4. The number of nitrogens with zero attached hydrogens (tertiary/aromatic N) is 1. The summed E-state index contributed by atoms with van der Waals surface area (Å²) in [6, 6.07) is 4.23. The zero-order valence-electron chi connectivity index (χ0n) is 10.7. The minimum atomic E-state index is -0.0117. The average molecular weight is 612 g/mol. The van der Waals surface area contributed by atoms with Crippen LogP contribution in [-0.2, 0) is 4.79 Å². The molecular weight excluding hydrogens is 597 g/mol. The van der Waals surface area contributed by atoms with E-state index in [1.54, 1.807) is 0 Å². The fourth-order valence-electron chi connectivity index (χ4n) is 2.34. The number of amides is 1. The molecule has 1 aliphatic rings. The molecule has 0 aliphatic carbocycles. The van der Waals surface area contributed by atoms with Crippen molar-refractivity contribution < 1.29 is 9.90 Å². The second kappa shape index (κ2) is 7.88. The van der Waals surface area contributed by atoms with E-state index in [9.17, 15) is 9.90 Å². The summed E-state index contributed by atoms with van der Waals surface area (Å²) in [5.41, 5.74) is 0.886. The van der Waals surface area contributed by atoms with E-state index in [-0.39, 0.29) is 18.6 Å². The van der Waals surface area contributed by atoms with E-state index in [1.165, 1.54) is 0 Å².